The molecule has 0 amide bonds. The molecule has 0 aliphatic rings. The van der Waals surface area contributed by atoms with Gasteiger partial charge in [0.05, 0.1) is 0 Å². The third-order valence-corrected chi connectivity index (χ3v) is 2.32. The number of hydrogen-bond donors (Lipinski definition) is 1. The number of pyridine rings is 1. The molecule has 0 aliphatic heterocycles. The minimum absolute atomic E-state index is 0.909. The fraction of sp³-hybridized carbons (Fsp3) is 0.308. The highest BCUT2D eigenvalue weighted by Crippen LogP contribution is 2.10. The van der Waals surface area contributed by atoms with Crippen LogP contribution in [0.25, 0.3) is 5.65 Å². The predicted octanol–water partition coefficient (Wildman–Crippen LogP) is 1.77. The summed E-state index contributed by atoms with van der Waals surface area (Å²) in [4.78, 5) is 4.19. The number of aromatic nitrogens is 2. The van der Waals surface area contributed by atoms with Gasteiger partial charge in [-0.25, -0.2) is 4.98 Å². The van der Waals surface area contributed by atoms with Gasteiger partial charge in [0.2, 0.25) is 0 Å². The van der Waals surface area contributed by atoms with E-state index in [1.54, 1.807) is 20.0 Å². The summed E-state index contributed by atoms with van der Waals surface area (Å²) in [5.41, 5.74) is 1.89. The summed E-state index contributed by atoms with van der Waals surface area (Å²) in [5.74, 6) is 5.79. The summed E-state index contributed by atoms with van der Waals surface area (Å²) < 4.78 is 1.98. The molecular weight excluding hydrogens is 200 g/mol. The smallest absolute Gasteiger partial charge is 0.136 e. The number of rotatable bonds is 0. The lowest BCUT2D eigenvalue weighted by atomic mass is 10.1. The first-order valence-electron chi connectivity index (χ1n) is 5.15. The minimum atomic E-state index is -0.962. The fourth-order valence-electron chi connectivity index (χ4n) is 1.48. The lowest BCUT2D eigenvalue weighted by Gasteiger charge is -2.07. The van der Waals surface area contributed by atoms with Gasteiger partial charge in [0, 0.05) is 23.7 Å². The normalized spacial score (nSPS) is 11.2. The van der Waals surface area contributed by atoms with Crippen LogP contribution in [0.5, 0.6) is 0 Å². The lowest BCUT2D eigenvalue weighted by Crippen LogP contribution is -2.14. The first-order valence-corrected chi connectivity index (χ1v) is 5.15. The topological polar surface area (TPSA) is 37.5 Å². The van der Waals surface area contributed by atoms with Crippen molar-refractivity contribution in [3.63, 3.8) is 0 Å². The molecule has 0 aromatic carbocycles. The van der Waals surface area contributed by atoms with Crippen LogP contribution in [0.3, 0.4) is 0 Å². The molecule has 16 heavy (non-hydrogen) atoms. The maximum absolute atomic E-state index is 9.55. The van der Waals surface area contributed by atoms with Gasteiger partial charge in [-0.3, -0.25) is 0 Å². The van der Waals surface area contributed by atoms with Gasteiger partial charge in [-0.1, -0.05) is 11.8 Å². The van der Waals surface area contributed by atoms with Gasteiger partial charge in [0.1, 0.15) is 11.2 Å². The molecule has 0 fully saturated rings. The third kappa shape index (κ3) is 2.07. The molecule has 2 aromatic heterocycles. The van der Waals surface area contributed by atoms with Crippen molar-refractivity contribution in [1.82, 2.24) is 9.38 Å². The Hall–Kier alpha value is -1.79. The Morgan fingerprint density at radius 3 is 2.81 bits per heavy atom. The van der Waals surface area contributed by atoms with Gasteiger partial charge in [-0.05, 0) is 32.9 Å². The van der Waals surface area contributed by atoms with Gasteiger partial charge in [-0.15, -0.1) is 0 Å². The van der Waals surface area contributed by atoms with E-state index in [2.05, 4.69) is 16.8 Å². The van der Waals surface area contributed by atoms with Crippen LogP contribution in [0.1, 0.15) is 25.1 Å². The van der Waals surface area contributed by atoms with Gasteiger partial charge in [0.15, 0.2) is 0 Å². The zero-order valence-corrected chi connectivity index (χ0v) is 9.65. The van der Waals surface area contributed by atoms with Crippen LogP contribution in [-0.4, -0.2) is 20.1 Å². The van der Waals surface area contributed by atoms with Crippen LogP contribution >= 0.6 is 0 Å². The van der Waals surface area contributed by atoms with Crippen molar-refractivity contribution in [2.45, 2.75) is 26.4 Å². The minimum Gasteiger partial charge on any atom is -0.378 e. The highest BCUT2D eigenvalue weighted by Gasteiger charge is 2.07. The van der Waals surface area contributed by atoms with E-state index in [0.29, 0.717) is 0 Å². The number of aliphatic hydroxyl groups is 1. The van der Waals surface area contributed by atoms with E-state index in [1.807, 2.05) is 29.7 Å². The molecule has 82 valence electrons. The maximum Gasteiger partial charge on any atom is 0.136 e. The predicted molar refractivity (Wildman–Crippen MR) is 63.1 cm³/mol. The summed E-state index contributed by atoms with van der Waals surface area (Å²) in [5, 5.41) is 9.55. The summed E-state index contributed by atoms with van der Waals surface area (Å²) in [7, 11) is 0. The van der Waals surface area contributed by atoms with Crippen molar-refractivity contribution in [1.29, 1.82) is 0 Å². The Morgan fingerprint density at radius 1 is 1.38 bits per heavy atom. The Kier molecular flexibility index (Phi) is 2.45. The number of imidazole rings is 1. The monoisotopic (exact) mass is 214 g/mol. The van der Waals surface area contributed by atoms with E-state index in [1.165, 1.54) is 0 Å². The fourth-order valence-corrected chi connectivity index (χ4v) is 1.48. The molecule has 0 atom stereocenters. The number of nitrogens with zero attached hydrogens (tertiary/aromatic N) is 2. The average molecular weight is 214 g/mol. The average Bonchev–Trinajstić information content (AvgIpc) is 2.64. The van der Waals surface area contributed by atoms with Crippen LogP contribution < -0.4 is 0 Å². The van der Waals surface area contributed by atoms with Crippen molar-refractivity contribution >= 4 is 5.65 Å². The van der Waals surface area contributed by atoms with Crippen molar-refractivity contribution in [3.05, 3.63) is 35.8 Å². The largest absolute Gasteiger partial charge is 0.378 e. The molecule has 0 unspecified atom stereocenters. The summed E-state index contributed by atoms with van der Waals surface area (Å²) in [6, 6.07) is 3.85. The number of fused-ring (bicyclic) bond motifs is 1. The molecule has 0 radical (unpaired) electrons. The van der Waals surface area contributed by atoms with Gasteiger partial charge in [-0.2, -0.15) is 0 Å². The van der Waals surface area contributed by atoms with Gasteiger partial charge in [0.25, 0.3) is 0 Å². The van der Waals surface area contributed by atoms with Gasteiger partial charge < -0.3 is 9.51 Å². The SMILES string of the molecule is Cc1c(C#CC(C)(C)O)ccc2nccn12. The van der Waals surface area contributed by atoms with Crippen molar-refractivity contribution < 1.29 is 5.11 Å². The first kappa shape index (κ1) is 10.7. The molecule has 0 aliphatic carbocycles. The highest BCUT2D eigenvalue weighted by molar-refractivity contribution is 5.48. The van der Waals surface area contributed by atoms with E-state index >= 15 is 0 Å². The van der Waals surface area contributed by atoms with Crippen LogP contribution in [0.2, 0.25) is 0 Å². The molecular formula is C13H14N2O. The molecule has 3 heteroatoms. The quantitative estimate of drug-likeness (QED) is 0.679. The number of aryl methyl sites for hydroxylation is 1. The Labute approximate surface area is 94.8 Å². The van der Waals surface area contributed by atoms with E-state index < -0.39 is 5.60 Å². The Morgan fingerprint density at radius 2 is 2.12 bits per heavy atom. The molecule has 0 saturated carbocycles. The summed E-state index contributed by atoms with van der Waals surface area (Å²) >= 11 is 0. The van der Waals surface area contributed by atoms with Crippen molar-refractivity contribution in [3.8, 4) is 11.8 Å². The number of hydrogen-bond acceptors (Lipinski definition) is 2. The molecule has 0 spiro atoms. The van der Waals surface area contributed by atoms with Crippen LogP contribution in [0.15, 0.2) is 24.5 Å². The van der Waals surface area contributed by atoms with E-state index in [9.17, 15) is 5.11 Å². The van der Waals surface area contributed by atoms with E-state index in [-0.39, 0.29) is 0 Å². The highest BCUT2D eigenvalue weighted by atomic mass is 16.3. The molecule has 2 heterocycles. The van der Waals surface area contributed by atoms with Crippen LogP contribution in [0, 0.1) is 18.8 Å². The standard InChI is InChI=1S/C13H14N2O/c1-10-11(6-7-13(2,3)16)4-5-12-14-8-9-15(10)12/h4-5,8-9,16H,1-3H3. The second-order valence-corrected chi connectivity index (χ2v) is 4.30. The second-order valence-electron chi connectivity index (χ2n) is 4.30. The lowest BCUT2D eigenvalue weighted by molar-refractivity contribution is 0.143. The van der Waals surface area contributed by atoms with Crippen molar-refractivity contribution in [2.24, 2.45) is 0 Å². The third-order valence-electron chi connectivity index (χ3n) is 2.32. The van der Waals surface area contributed by atoms with E-state index in [0.717, 1.165) is 16.9 Å². The van der Waals surface area contributed by atoms with Crippen LogP contribution in [-0.2, 0) is 0 Å². The van der Waals surface area contributed by atoms with E-state index in [4.69, 9.17) is 0 Å². The van der Waals surface area contributed by atoms with Gasteiger partial charge >= 0.3 is 0 Å². The molecule has 3 nitrogen and oxygen atoms in total. The van der Waals surface area contributed by atoms with Crippen molar-refractivity contribution in [2.75, 3.05) is 0 Å². The first-order chi connectivity index (χ1) is 7.47. The maximum atomic E-state index is 9.55. The zero-order valence-electron chi connectivity index (χ0n) is 9.65. The Balaban J connectivity index is 2.52. The molecule has 0 saturated heterocycles. The molecule has 2 aromatic rings. The molecule has 0 bridgehead atoms. The van der Waals surface area contributed by atoms with Crippen LogP contribution in [0.4, 0.5) is 0 Å². The summed E-state index contributed by atoms with van der Waals surface area (Å²) in [6.45, 7) is 5.33. The zero-order chi connectivity index (χ0) is 11.8. The Bertz CT molecular complexity index is 579. The second kappa shape index (κ2) is 3.66. The summed E-state index contributed by atoms with van der Waals surface area (Å²) in [6.07, 6.45) is 3.66. The molecule has 2 rings (SSSR count). The molecule has 1 N–H and O–H groups in total.